The molecule has 3 heterocycles. The number of hydrogen-bond acceptors (Lipinski definition) is 7. The van der Waals surface area contributed by atoms with Crippen LogP contribution in [0.2, 0.25) is 0 Å². The fourth-order valence-corrected chi connectivity index (χ4v) is 4.49. The lowest BCUT2D eigenvalue weighted by molar-refractivity contribution is 0.244. The highest BCUT2D eigenvalue weighted by atomic mass is 32.2. The highest BCUT2D eigenvalue weighted by molar-refractivity contribution is 7.89. The average Bonchev–Trinajstić information content (AvgIpc) is 3.29. The second-order valence-electron chi connectivity index (χ2n) is 6.49. The van der Waals surface area contributed by atoms with Crippen molar-refractivity contribution in [3.63, 3.8) is 0 Å². The number of pyridine rings is 1. The monoisotopic (exact) mass is 385 g/mol. The van der Waals surface area contributed by atoms with Gasteiger partial charge in [0.25, 0.3) is 0 Å². The maximum Gasteiger partial charge on any atom is 0.244 e. The highest BCUT2D eigenvalue weighted by Crippen LogP contribution is 2.31. The predicted octanol–water partition coefficient (Wildman–Crippen LogP) is 1.86. The molecule has 2 aromatic heterocycles. The molecule has 8 nitrogen and oxygen atoms in total. The zero-order valence-electron chi connectivity index (χ0n) is 14.7. The number of likely N-dealkylation sites (tertiary alicyclic amines) is 1. The van der Waals surface area contributed by atoms with E-state index in [1.165, 1.54) is 0 Å². The van der Waals surface area contributed by atoms with E-state index in [2.05, 4.69) is 19.8 Å². The number of hydrogen-bond donors (Lipinski definition) is 1. The summed E-state index contributed by atoms with van der Waals surface area (Å²) < 4.78 is 33.3. The molecule has 0 bridgehead atoms. The van der Waals surface area contributed by atoms with Gasteiger partial charge in [-0.25, -0.2) is 13.1 Å². The quantitative estimate of drug-likeness (QED) is 0.715. The van der Waals surface area contributed by atoms with Crippen LogP contribution in [0.15, 0.2) is 64.1 Å². The van der Waals surface area contributed by atoms with E-state index < -0.39 is 10.0 Å². The van der Waals surface area contributed by atoms with Crippen molar-refractivity contribution in [3.05, 3.63) is 60.6 Å². The van der Waals surface area contributed by atoms with Crippen LogP contribution in [0, 0.1) is 0 Å². The van der Waals surface area contributed by atoms with Crippen LogP contribution in [0.25, 0.3) is 11.5 Å². The van der Waals surface area contributed by atoms with E-state index in [0.717, 1.165) is 0 Å². The van der Waals surface area contributed by atoms with E-state index in [1.54, 1.807) is 36.5 Å². The Morgan fingerprint density at radius 2 is 1.93 bits per heavy atom. The van der Waals surface area contributed by atoms with Crippen molar-refractivity contribution >= 4 is 10.0 Å². The van der Waals surface area contributed by atoms with Gasteiger partial charge in [-0.05, 0) is 37.7 Å². The molecule has 1 fully saturated rings. The largest absolute Gasteiger partial charge is 0.337 e. The number of nitrogens with one attached hydrogen (secondary N) is 1. The van der Waals surface area contributed by atoms with Crippen LogP contribution < -0.4 is 4.72 Å². The highest BCUT2D eigenvalue weighted by Gasteiger charge is 2.36. The van der Waals surface area contributed by atoms with E-state index in [9.17, 15) is 8.42 Å². The van der Waals surface area contributed by atoms with Crippen LogP contribution >= 0.6 is 0 Å². The minimum Gasteiger partial charge on any atom is -0.337 e. The molecule has 1 aliphatic heterocycles. The minimum atomic E-state index is -3.56. The molecule has 4 rings (SSSR count). The first-order chi connectivity index (χ1) is 13.0. The molecule has 0 spiro atoms. The molecule has 140 valence electrons. The SMILES string of the molecule is CN1C[C@@H](NS(=O)(=O)c2ccccc2)C[C@H]1c1nc(-c2ccccn2)no1. The second-order valence-corrected chi connectivity index (χ2v) is 8.21. The Morgan fingerprint density at radius 1 is 1.15 bits per heavy atom. The molecule has 1 aromatic carbocycles. The summed E-state index contributed by atoms with van der Waals surface area (Å²) in [7, 11) is -1.65. The van der Waals surface area contributed by atoms with Gasteiger partial charge in [-0.1, -0.05) is 29.4 Å². The Balaban J connectivity index is 1.48. The Morgan fingerprint density at radius 3 is 2.67 bits per heavy atom. The van der Waals surface area contributed by atoms with E-state index in [-0.39, 0.29) is 17.0 Å². The zero-order chi connectivity index (χ0) is 18.9. The van der Waals surface area contributed by atoms with Gasteiger partial charge in [-0.2, -0.15) is 4.98 Å². The van der Waals surface area contributed by atoms with Gasteiger partial charge in [0.05, 0.1) is 10.9 Å². The van der Waals surface area contributed by atoms with E-state index in [0.29, 0.717) is 30.4 Å². The van der Waals surface area contributed by atoms with Gasteiger partial charge in [0.1, 0.15) is 5.69 Å². The van der Waals surface area contributed by atoms with Crippen LogP contribution in [-0.4, -0.2) is 48.1 Å². The smallest absolute Gasteiger partial charge is 0.244 e. The van der Waals surface area contributed by atoms with Gasteiger partial charge in [0, 0.05) is 18.8 Å². The molecule has 9 heteroatoms. The molecule has 0 aliphatic carbocycles. The number of sulfonamides is 1. The molecule has 1 saturated heterocycles. The van der Waals surface area contributed by atoms with Crippen molar-refractivity contribution in [1.29, 1.82) is 0 Å². The fourth-order valence-electron chi connectivity index (χ4n) is 3.23. The number of likely N-dealkylation sites (N-methyl/N-ethyl adjacent to an activating group) is 1. The summed E-state index contributed by atoms with van der Waals surface area (Å²) in [5.74, 6) is 0.881. The van der Waals surface area contributed by atoms with Crippen LogP contribution in [0.3, 0.4) is 0 Å². The standard InChI is InChI=1S/C18H19N5O3S/c1-23-12-13(22-27(24,25)14-7-3-2-4-8-14)11-16(23)18-20-17(21-26-18)15-9-5-6-10-19-15/h2-10,13,16,22H,11-12H2,1H3/t13-,16-/m0/s1. The van der Waals surface area contributed by atoms with E-state index in [4.69, 9.17) is 4.52 Å². The van der Waals surface area contributed by atoms with Gasteiger partial charge in [0.15, 0.2) is 0 Å². The Hall–Kier alpha value is -2.62. The first kappa shape index (κ1) is 17.8. The van der Waals surface area contributed by atoms with Gasteiger partial charge in [-0.15, -0.1) is 0 Å². The maximum atomic E-state index is 12.5. The van der Waals surface area contributed by atoms with Crippen molar-refractivity contribution in [3.8, 4) is 11.5 Å². The molecule has 1 aliphatic rings. The molecule has 27 heavy (non-hydrogen) atoms. The summed E-state index contributed by atoms with van der Waals surface area (Å²) in [5, 5.41) is 4.00. The molecular formula is C18H19N5O3S. The van der Waals surface area contributed by atoms with Crippen molar-refractivity contribution in [2.75, 3.05) is 13.6 Å². The summed E-state index contributed by atoms with van der Waals surface area (Å²) >= 11 is 0. The summed E-state index contributed by atoms with van der Waals surface area (Å²) in [6, 6.07) is 13.4. The molecule has 0 radical (unpaired) electrons. The Kier molecular flexibility index (Phi) is 4.73. The lowest BCUT2D eigenvalue weighted by Gasteiger charge is -2.14. The summed E-state index contributed by atoms with van der Waals surface area (Å²) in [6.45, 7) is 0.554. The fraction of sp³-hybridized carbons (Fsp3) is 0.278. The van der Waals surface area contributed by atoms with Crippen molar-refractivity contribution in [1.82, 2.24) is 24.7 Å². The molecule has 0 amide bonds. The third-order valence-electron chi connectivity index (χ3n) is 4.54. The number of rotatable bonds is 5. The minimum absolute atomic E-state index is 0.154. The number of benzene rings is 1. The molecule has 0 unspecified atom stereocenters. The van der Waals surface area contributed by atoms with Crippen molar-refractivity contribution in [2.24, 2.45) is 0 Å². The molecule has 2 atom stereocenters. The van der Waals surface area contributed by atoms with Gasteiger partial charge < -0.3 is 4.52 Å². The van der Waals surface area contributed by atoms with Crippen molar-refractivity contribution < 1.29 is 12.9 Å². The van der Waals surface area contributed by atoms with Gasteiger partial charge in [-0.3, -0.25) is 9.88 Å². The van der Waals surface area contributed by atoms with Crippen LogP contribution in [0.1, 0.15) is 18.4 Å². The number of nitrogens with zero attached hydrogens (tertiary/aromatic N) is 4. The normalized spacial score (nSPS) is 20.8. The van der Waals surface area contributed by atoms with Crippen LogP contribution in [-0.2, 0) is 10.0 Å². The van der Waals surface area contributed by atoms with Gasteiger partial charge in [0.2, 0.25) is 21.7 Å². The third kappa shape index (κ3) is 3.75. The van der Waals surface area contributed by atoms with Gasteiger partial charge >= 0.3 is 0 Å². The van der Waals surface area contributed by atoms with Crippen molar-refractivity contribution in [2.45, 2.75) is 23.4 Å². The van der Waals surface area contributed by atoms with E-state index in [1.807, 2.05) is 30.1 Å². The third-order valence-corrected chi connectivity index (χ3v) is 6.08. The Labute approximate surface area is 157 Å². The van der Waals surface area contributed by atoms with E-state index >= 15 is 0 Å². The van der Waals surface area contributed by atoms with Crippen LogP contribution in [0.5, 0.6) is 0 Å². The van der Waals surface area contributed by atoms with Crippen LogP contribution in [0.4, 0.5) is 0 Å². The number of aromatic nitrogens is 3. The predicted molar refractivity (Wildman–Crippen MR) is 98.1 cm³/mol. The first-order valence-electron chi connectivity index (χ1n) is 8.55. The second kappa shape index (κ2) is 7.18. The maximum absolute atomic E-state index is 12.5. The summed E-state index contributed by atoms with van der Waals surface area (Å²) in [4.78, 5) is 10.9. The first-order valence-corrected chi connectivity index (χ1v) is 10.0. The molecule has 1 N–H and O–H groups in total. The zero-order valence-corrected chi connectivity index (χ0v) is 15.5. The molecule has 3 aromatic rings. The summed E-state index contributed by atoms with van der Waals surface area (Å²) in [6.07, 6.45) is 2.22. The average molecular weight is 385 g/mol. The lowest BCUT2D eigenvalue weighted by atomic mass is 10.2. The summed E-state index contributed by atoms with van der Waals surface area (Å²) in [5.41, 5.74) is 0.634. The Bertz CT molecular complexity index is 1010. The topological polar surface area (TPSA) is 101 Å². The molecule has 0 saturated carbocycles. The molecular weight excluding hydrogens is 366 g/mol. The lowest BCUT2D eigenvalue weighted by Crippen LogP contribution is -2.36.